The molecule has 1 amide bonds. The average molecular weight is 214 g/mol. The molecule has 4 nitrogen and oxygen atoms in total. The molecule has 0 unspecified atom stereocenters. The maximum atomic E-state index is 11.2. The predicted molar refractivity (Wildman–Crippen MR) is 59.8 cm³/mol. The predicted octanol–water partition coefficient (Wildman–Crippen LogP) is 1.51. The highest BCUT2D eigenvalue weighted by Crippen LogP contribution is 2.07. The number of nitrogens with one attached hydrogen (secondary N) is 2. The molecule has 1 aliphatic rings. The van der Waals surface area contributed by atoms with E-state index in [0.717, 1.165) is 13.0 Å². The van der Waals surface area contributed by atoms with Crippen LogP contribution in [-0.2, 0) is 4.74 Å². The van der Waals surface area contributed by atoms with Crippen molar-refractivity contribution in [2.45, 2.75) is 39.2 Å². The molecule has 1 atom stereocenters. The third-order valence-electron chi connectivity index (χ3n) is 2.47. The van der Waals surface area contributed by atoms with Gasteiger partial charge in [0, 0.05) is 12.6 Å². The zero-order chi connectivity index (χ0) is 11.1. The van der Waals surface area contributed by atoms with Gasteiger partial charge in [-0.25, -0.2) is 4.79 Å². The largest absolute Gasteiger partial charge is 0.449 e. The first kappa shape index (κ1) is 12.3. The minimum absolute atomic E-state index is 0.290. The second-order valence-corrected chi connectivity index (χ2v) is 4.50. The summed E-state index contributed by atoms with van der Waals surface area (Å²) in [4.78, 5) is 11.2. The van der Waals surface area contributed by atoms with Crippen molar-refractivity contribution in [2.24, 2.45) is 5.92 Å². The van der Waals surface area contributed by atoms with Gasteiger partial charge >= 0.3 is 6.09 Å². The van der Waals surface area contributed by atoms with Crippen LogP contribution in [0.5, 0.6) is 0 Å². The number of ether oxygens (including phenoxy) is 1. The Balaban J connectivity index is 1.96. The van der Waals surface area contributed by atoms with Gasteiger partial charge in [0.25, 0.3) is 0 Å². The topological polar surface area (TPSA) is 50.4 Å². The zero-order valence-electron chi connectivity index (χ0n) is 9.71. The number of alkyl carbamates (subject to hydrolysis) is 1. The molecular weight excluding hydrogens is 192 g/mol. The van der Waals surface area contributed by atoms with Gasteiger partial charge in [-0.3, -0.25) is 0 Å². The molecular formula is C11H22N2O2. The van der Waals surface area contributed by atoms with Crippen LogP contribution in [0.2, 0.25) is 0 Å². The Labute approximate surface area is 91.8 Å². The molecule has 2 N–H and O–H groups in total. The average Bonchev–Trinajstić information content (AvgIpc) is 2.67. The normalized spacial score (nSPS) is 20.6. The summed E-state index contributed by atoms with van der Waals surface area (Å²) in [5.41, 5.74) is 0. The molecule has 1 fully saturated rings. The highest BCUT2D eigenvalue weighted by atomic mass is 16.5. The van der Waals surface area contributed by atoms with Crippen LogP contribution in [0.3, 0.4) is 0 Å². The number of rotatable bonds is 5. The summed E-state index contributed by atoms with van der Waals surface area (Å²) < 4.78 is 5.00. The minimum atomic E-state index is -0.290. The van der Waals surface area contributed by atoms with Crippen LogP contribution in [-0.4, -0.2) is 31.8 Å². The zero-order valence-corrected chi connectivity index (χ0v) is 9.71. The van der Waals surface area contributed by atoms with Gasteiger partial charge in [-0.15, -0.1) is 0 Å². The minimum Gasteiger partial charge on any atom is -0.449 e. The molecule has 0 aromatic carbocycles. The monoisotopic (exact) mass is 214 g/mol. The second kappa shape index (κ2) is 6.67. The van der Waals surface area contributed by atoms with Crippen LogP contribution in [0.1, 0.15) is 33.1 Å². The lowest BCUT2D eigenvalue weighted by atomic mass is 10.2. The van der Waals surface area contributed by atoms with E-state index in [1.165, 1.54) is 12.8 Å². The summed E-state index contributed by atoms with van der Waals surface area (Å²) in [6.45, 7) is 6.36. The molecule has 1 heterocycles. The van der Waals surface area contributed by atoms with E-state index in [2.05, 4.69) is 10.6 Å². The van der Waals surface area contributed by atoms with Crippen molar-refractivity contribution in [1.29, 1.82) is 0 Å². The molecule has 15 heavy (non-hydrogen) atoms. The summed E-state index contributed by atoms with van der Waals surface area (Å²) in [5.74, 6) is 0.396. The van der Waals surface area contributed by atoms with E-state index in [1.807, 2.05) is 13.8 Å². The SMILES string of the molecule is CC(C)COC(=O)NCC[C@@H]1CCCN1. The Morgan fingerprint density at radius 1 is 1.60 bits per heavy atom. The quantitative estimate of drug-likeness (QED) is 0.729. The fourth-order valence-corrected chi connectivity index (χ4v) is 1.64. The molecule has 0 aromatic rings. The van der Waals surface area contributed by atoms with Gasteiger partial charge in [0.15, 0.2) is 0 Å². The standard InChI is InChI=1S/C11H22N2O2/c1-9(2)8-15-11(14)13-7-5-10-4-3-6-12-10/h9-10,12H,3-8H2,1-2H3,(H,13,14)/t10-/m0/s1. The Hall–Kier alpha value is -0.770. The third-order valence-corrected chi connectivity index (χ3v) is 2.47. The fourth-order valence-electron chi connectivity index (χ4n) is 1.64. The lowest BCUT2D eigenvalue weighted by Crippen LogP contribution is -2.31. The van der Waals surface area contributed by atoms with Crippen LogP contribution in [0.15, 0.2) is 0 Å². The Kier molecular flexibility index (Phi) is 5.47. The van der Waals surface area contributed by atoms with Crippen LogP contribution in [0.4, 0.5) is 4.79 Å². The van der Waals surface area contributed by atoms with Crippen LogP contribution in [0.25, 0.3) is 0 Å². The highest BCUT2D eigenvalue weighted by molar-refractivity contribution is 5.67. The van der Waals surface area contributed by atoms with Crippen molar-refractivity contribution >= 4 is 6.09 Å². The molecule has 4 heteroatoms. The van der Waals surface area contributed by atoms with Crippen molar-refractivity contribution < 1.29 is 9.53 Å². The number of amides is 1. The van der Waals surface area contributed by atoms with Crippen molar-refractivity contribution in [3.63, 3.8) is 0 Å². The van der Waals surface area contributed by atoms with Crippen LogP contribution < -0.4 is 10.6 Å². The molecule has 0 saturated carbocycles. The van der Waals surface area contributed by atoms with Gasteiger partial charge in [0.05, 0.1) is 6.61 Å². The first-order chi connectivity index (χ1) is 7.18. The van der Waals surface area contributed by atoms with Gasteiger partial charge in [-0.05, 0) is 31.7 Å². The van der Waals surface area contributed by atoms with Crippen LogP contribution >= 0.6 is 0 Å². The van der Waals surface area contributed by atoms with E-state index in [1.54, 1.807) is 0 Å². The van der Waals surface area contributed by atoms with E-state index in [9.17, 15) is 4.79 Å². The summed E-state index contributed by atoms with van der Waals surface area (Å²) >= 11 is 0. The van der Waals surface area contributed by atoms with Gasteiger partial charge in [-0.2, -0.15) is 0 Å². The smallest absolute Gasteiger partial charge is 0.407 e. The summed E-state index contributed by atoms with van der Waals surface area (Å²) in [6, 6.07) is 0.579. The summed E-state index contributed by atoms with van der Waals surface area (Å²) in [5, 5.41) is 6.15. The maximum absolute atomic E-state index is 11.2. The molecule has 0 aliphatic carbocycles. The summed E-state index contributed by atoms with van der Waals surface area (Å²) in [7, 11) is 0. The van der Waals surface area contributed by atoms with Crippen molar-refractivity contribution in [1.82, 2.24) is 10.6 Å². The van der Waals surface area contributed by atoms with Crippen molar-refractivity contribution in [3.8, 4) is 0 Å². The van der Waals surface area contributed by atoms with Crippen molar-refractivity contribution in [2.75, 3.05) is 19.7 Å². The first-order valence-electron chi connectivity index (χ1n) is 5.82. The number of hydrogen-bond acceptors (Lipinski definition) is 3. The van der Waals surface area contributed by atoms with Gasteiger partial charge in [0.2, 0.25) is 0 Å². The Morgan fingerprint density at radius 2 is 2.40 bits per heavy atom. The van der Waals surface area contributed by atoms with E-state index in [-0.39, 0.29) is 6.09 Å². The highest BCUT2D eigenvalue weighted by Gasteiger charge is 2.13. The number of hydrogen-bond donors (Lipinski definition) is 2. The molecule has 1 saturated heterocycles. The maximum Gasteiger partial charge on any atom is 0.407 e. The Bertz CT molecular complexity index is 189. The molecule has 0 aromatic heterocycles. The van der Waals surface area contributed by atoms with Gasteiger partial charge < -0.3 is 15.4 Å². The lowest BCUT2D eigenvalue weighted by molar-refractivity contribution is 0.132. The lowest BCUT2D eigenvalue weighted by Gasteiger charge is -2.11. The van der Waals surface area contributed by atoms with E-state index in [4.69, 9.17) is 4.74 Å². The van der Waals surface area contributed by atoms with E-state index in [0.29, 0.717) is 25.1 Å². The second-order valence-electron chi connectivity index (χ2n) is 4.50. The molecule has 1 aliphatic heterocycles. The number of carbonyl (C=O) groups excluding carboxylic acids is 1. The number of carbonyl (C=O) groups is 1. The molecule has 0 radical (unpaired) electrons. The van der Waals surface area contributed by atoms with Crippen LogP contribution in [0, 0.1) is 5.92 Å². The van der Waals surface area contributed by atoms with Crippen molar-refractivity contribution in [3.05, 3.63) is 0 Å². The van der Waals surface area contributed by atoms with E-state index >= 15 is 0 Å². The molecule has 0 bridgehead atoms. The Morgan fingerprint density at radius 3 is 3.00 bits per heavy atom. The fraction of sp³-hybridized carbons (Fsp3) is 0.909. The molecule has 1 rings (SSSR count). The van der Waals surface area contributed by atoms with Gasteiger partial charge in [0.1, 0.15) is 0 Å². The summed E-state index contributed by atoms with van der Waals surface area (Å²) in [6.07, 6.45) is 3.18. The molecule has 88 valence electrons. The first-order valence-corrected chi connectivity index (χ1v) is 5.82. The molecule has 0 spiro atoms. The van der Waals surface area contributed by atoms with E-state index < -0.39 is 0 Å². The third kappa shape index (κ3) is 5.62. The van der Waals surface area contributed by atoms with Gasteiger partial charge in [-0.1, -0.05) is 13.8 Å².